The van der Waals surface area contributed by atoms with Gasteiger partial charge in [-0.3, -0.25) is 38.8 Å². The van der Waals surface area contributed by atoms with Gasteiger partial charge in [0, 0.05) is 78.5 Å². The van der Waals surface area contributed by atoms with Gasteiger partial charge in [0.15, 0.2) is 0 Å². The van der Waals surface area contributed by atoms with E-state index in [1.807, 2.05) is 0 Å². The number of nitrogens with two attached hydrogens (primary N) is 4. The highest BCUT2D eigenvalue weighted by molar-refractivity contribution is 5.75. The summed E-state index contributed by atoms with van der Waals surface area (Å²) in [5.74, 6) is -4.65. The van der Waals surface area contributed by atoms with E-state index in [4.69, 9.17) is 22.9 Å². The van der Waals surface area contributed by atoms with Crippen LogP contribution in [0.2, 0.25) is 0 Å². The van der Waals surface area contributed by atoms with Gasteiger partial charge in [-0.25, -0.2) is 0 Å². The van der Waals surface area contributed by atoms with Gasteiger partial charge in [0.1, 0.15) is 24.2 Å². The van der Waals surface area contributed by atoms with Crippen LogP contribution in [-0.2, 0) is 19.2 Å². The Morgan fingerprint density at radius 2 is 0.583 bits per heavy atom. The van der Waals surface area contributed by atoms with Crippen molar-refractivity contribution in [2.24, 2.45) is 22.9 Å². The van der Waals surface area contributed by atoms with Gasteiger partial charge in [0.05, 0.1) is 0 Å². The Morgan fingerprint density at radius 3 is 0.667 bits per heavy atom. The van der Waals surface area contributed by atoms with Crippen molar-refractivity contribution in [1.29, 1.82) is 0 Å². The molecule has 1 aliphatic rings. The Kier molecular flexibility index (Phi) is 13.7. The second kappa shape index (κ2) is 15.6. The van der Waals surface area contributed by atoms with Crippen LogP contribution < -0.4 is 22.9 Å². The molecule has 16 heteroatoms. The fourth-order valence-corrected chi connectivity index (χ4v) is 4.35. The van der Waals surface area contributed by atoms with Crippen LogP contribution in [0.3, 0.4) is 0 Å². The molecule has 36 heavy (non-hydrogen) atoms. The molecule has 1 saturated heterocycles. The fourth-order valence-electron chi connectivity index (χ4n) is 4.35. The lowest BCUT2D eigenvalue weighted by Gasteiger charge is -2.39. The summed E-state index contributed by atoms with van der Waals surface area (Å²) < 4.78 is 0. The highest BCUT2D eigenvalue weighted by Gasteiger charge is 2.33. The maximum absolute atomic E-state index is 11.8. The number of carboxylic acids is 4. The minimum absolute atomic E-state index is 0.103. The highest BCUT2D eigenvalue weighted by atomic mass is 16.4. The third kappa shape index (κ3) is 8.90. The van der Waals surface area contributed by atoms with Gasteiger partial charge in [-0.2, -0.15) is 0 Å². The van der Waals surface area contributed by atoms with Crippen LogP contribution in [0.1, 0.15) is 0 Å². The standard InChI is InChI=1S/C20H40N8O8/c21-9-13(17(29)30)25-1-2-26(14(10-22)18(31)32)5-6-28(16(12-24)20(35)36)8-7-27(4-3-25)15(11-23)19(33)34/h13-16H,1-12,21-24H2,(H,29,30)(H,31,32)(H,33,34)(H,35,36). The van der Waals surface area contributed by atoms with Crippen molar-refractivity contribution in [2.45, 2.75) is 24.2 Å². The van der Waals surface area contributed by atoms with E-state index in [1.54, 1.807) is 19.6 Å². The maximum Gasteiger partial charge on any atom is 0.322 e. The molecule has 0 aromatic carbocycles. The van der Waals surface area contributed by atoms with E-state index >= 15 is 0 Å². The molecule has 0 amide bonds. The van der Waals surface area contributed by atoms with Gasteiger partial charge in [-0.1, -0.05) is 0 Å². The van der Waals surface area contributed by atoms with Crippen molar-refractivity contribution in [3.05, 3.63) is 0 Å². The van der Waals surface area contributed by atoms with E-state index in [0.717, 1.165) is 0 Å². The summed E-state index contributed by atoms with van der Waals surface area (Å²) in [6.07, 6.45) is 0. The highest BCUT2D eigenvalue weighted by Crippen LogP contribution is 2.10. The van der Waals surface area contributed by atoms with Crippen molar-refractivity contribution >= 4 is 23.9 Å². The van der Waals surface area contributed by atoms with E-state index in [-0.39, 0.29) is 78.5 Å². The molecular weight excluding hydrogens is 480 g/mol. The lowest BCUT2D eigenvalue weighted by molar-refractivity contribution is -0.147. The third-order valence-electron chi connectivity index (χ3n) is 6.49. The zero-order valence-corrected chi connectivity index (χ0v) is 20.3. The van der Waals surface area contributed by atoms with Crippen molar-refractivity contribution in [2.75, 3.05) is 78.5 Å². The summed E-state index contributed by atoms with van der Waals surface area (Å²) in [6, 6.07) is -4.32. The average molecular weight is 521 g/mol. The summed E-state index contributed by atoms with van der Waals surface area (Å²) in [7, 11) is 0. The minimum Gasteiger partial charge on any atom is -0.480 e. The summed E-state index contributed by atoms with van der Waals surface area (Å²) in [6.45, 7) is -0.0191. The quantitative estimate of drug-likeness (QED) is 0.119. The van der Waals surface area contributed by atoms with Crippen LogP contribution in [0.25, 0.3) is 0 Å². The smallest absolute Gasteiger partial charge is 0.322 e. The second-order valence-electron chi connectivity index (χ2n) is 8.50. The molecule has 0 spiro atoms. The number of hydrogen-bond donors (Lipinski definition) is 8. The molecule has 208 valence electrons. The molecule has 1 aliphatic heterocycles. The molecule has 0 aromatic heterocycles. The molecule has 1 rings (SSSR count). The van der Waals surface area contributed by atoms with Crippen LogP contribution in [0.5, 0.6) is 0 Å². The first-order valence-corrected chi connectivity index (χ1v) is 11.7. The number of carboxylic acid groups (broad SMARTS) is 4. The molecule has 0 aromatic rings. The first kappa shape index (κ1) is 31.6. The first-order chi connectivity index (χ1) is 17.0. The molecule has 0 radical (unpaired) electrons. The van der Waals surface area contributed by atoms with Gasteiger partial charge in [-0.05, 0) is 0 Å². The third-order valence-corrected chi connectivity index (χ3v) is 6.49. The molecule has 1 heterocycles. The van der Waals surface area contributed by atoms with Crippen molar-refractivity contribution in [1.82, 2.24) is 19.6 Å². The number of nitrogens with zero attached hydrogens (tertiary/aromatic N) is 4. The van der Waals surface area contributed by atoms with Gasteiger partial charge in [0.2, 0.25) is 0 Å². The van der Waals surface area contributed by atoms with Crippen molar-refractivity contribution < 1.29 is 39.6 Å². The zero-order chi connectivity index (χ0) is 27.4. The molecule has 12 N–H and O–H groups in total. The molecule has 0 saturated carbocycles. The van der Waals surface area contributed by atoms with E-state index in [0.29, 0.717) is 0 Å². The predicted octanol–water partition coefficient (Wildman–Crippen LogP) is -5.14. The summed E-state index contributed by atoms with van der Waals surface area (Å²) in [5.41, 5.74) is 22.8. The van der Waals surface area contributed by atoms with E-state index in [1.165, 1.54) is 0 Å². The van der Waals surface area contributed by atoms with Crippen molar-refractivity contribution in [3.63, 3.8) is 0 Å². The molecule has 1 fully saturated rings. The summed E-state index contributed by atoms with van der Waals surface area (Å²) in [4.78, 5) is 53.6. The Hall–Kier alpha value is -2.44. The minimum atomic E-state index is -1.16. The Bertz CT molecular complexity index is 609. The fraction of sp³-hybridized carbons (Fsp3) is 0.800. The number of aliphatic carboxylic acids is 4. The number of carbonyl (C=O) groups is 4. The maximum atomic E-state index is 11.8. The number of hydrogen-bond acceptors (Lipinski definition) is 12. The SMILES string of the molecule is NCC(C(=O)O)N1CCN(C(CN)C(=O)O)CCN(C(CN)C(=O)O)CCN(C(CN)C(=O)O)CC1. The van der Waals surface area contributed by atoms with E-state index < -0.39 is 48.0 Å². The monoisotopic (exact) mass is 520 g/mol. The Balaban J connectivity index is 3.40. The van der Waals surface area contributed by atoms with E-state index in [9.17, 15) is 39.6 Å². The topological polar surface area (TPSA) is 266 Å². The molecule has 4 atom stereocenters. The van der Waals surface area contributed by atoms with Crippen LogP contribution >= 0.6 is 0 Å². The lowest BCUT2D eigenvalue weighted by atomic mass is 10.1. The van der Waals surface area contributed by atoms with Gasteiger partial charge in [-0.15, -0.1) is 0 Å². The number of rotatable bonds is 12. The molecule has 4 unspecified atom stereocenters. The largest absolute Gasteiger partial charge is 0.480 e. The van der Waals surface area contributed by atoms with E-state index in [2.05, 4.69) is 0 Å². The second-order valence-corrected chi connectivity index (χ2v) is 8.50. The molecule has 16 nitrogen and oxygen atoms in total. The summed E-state index contributed by atoms with van der Waals surface area (Å²) >= 11 is 0. The van der Waals surface area contributed by atoms with Crippen molar-refractivity contribution in [3.8, 4) is 0 Å². The lowest BCUT2D eigenvalue weighted by Crippen LogP contribution is -2.59. The normalized spacial score (nSPS) is 21.4. The van der Waals surface area contributed by atoms with Crippen LogP contribution in [0.4, 0.5) is 0 Å². The molecule has 0 bridgehead atoms. The van der Waals surface area contributed by atoms with Crippen LogP contribution in [0, 0.1) is 0 Å². The Morgan fingerprint density at radius 1 is 0.444 bits per heavy atom. The molecular formula is C20H40N8O8. The predicted molar refractivity (Wildman–Crippen MR) is 128 cm³/mol. The molecule has 0 aliphatic carbocycles. The van der Waals surface area contributed by atoms with Crippen LogP contribution in [0.15, 0.2) is 0 Å². The first-order valence-electron chi connectivity index (χ1n) is 11.7. The van der Waals surface area contributed by atoms with Gasteiger partial charge < -0.3 is 43.4 Å². The average Bonchev–Trinajstić information content (AvgIpc) is 2.79. The summed E-state index contributed by atoms with van der Waals surface area (Å²) in [5, 5.41) is 38.6. The zero-order valence-electron chi connectivity index (χ0n) is 20.3. The Labute approximate surface area is 209 Å². The van der Waals surface area contributed by atoms with Gasteiger partial charge >= 0.3 is 23.9 Å². The van der Waals surface area contributed by atoms with Gasteiger partial charge in [0.25, 0.3) is 0 Å². The van der Waals surface area contributed by atoms with Crippen LogP contribution in [-0.4, -0.2) is 167 Å².